The first-order chi connectivity index (χ1) is 14.6. The first-order valence-corrected chi connectivity index (χ1v) is 9.73. The molecule has 10 nitrogen and oxygen atoms in total. The third kappa shape index (κ3) is 3.90. The van der Waals surface area contributed by atoms with Gasteiger partial charge in [-0.05, 0) is 30.9 Å². The molecular formula is C19H18ClN5O5. The summed E-state index contributed by atoms with van der Waals surface area (Å²) in [5.74, 6) is 0.0100. The molecule has 1 atom stereocenters. The van der Waals surface area contributed by atoms with Gasteiger partial charge in [-0.2, -0.15) is 0 Å². The zero-order chi connectivity index (χ0) is 21.1. The zero-order valence-electron chi connectivity index (χ0n) is 15.8. The zero-order valence-corrected chi connectivity index (χ0v) is 16.6. The molecule has 1 fully saturated rings. The van der Waals surface area contributed by atoms with E-state index in [0.29, 0.717) is 44.0 Å². The fraction of sp³-hybridized carbons (Fsp3) is 0.368. The maximum atomic E-state index is 12.9. The summed E-state index contributed by atoms with van der Waals surface area (Å²) >= 11 is 5.90. The lowest BCUT2D eigenvalue weighted by Gasteiger charge is -2.32. The molecule has 1 unspecified atom stereocenters. The summed E-state index contributed by atoms with van der Waals surface area (Å²) in [7, 11) is 0. The van der Waals surface area contributed by atoms with Crippen molar-refractivity contribution in [2.24, 2.45) is 5.92 Å². The summed E-state index contributed by atoms with van der Waals surface area (Å²) in [5, 5.41) is 0.411. The van der Waals surface area contributed by atoms with Crippen molar-refractivity contribution in [3.63, 3.8) is 0 Å². The predicted octanol–water partition coefficient (Wildman–Crippen LogP) is 2.21. The standard InChI is InChI=1S/C19H18ClN5O5/c20-13-1-2-14(23-9-13)25-17(27)15-16(22-6-5-21-15)18(25)30-19(28)24-7-3-12(4-8-24)10-29-11-26/h1-2,5-6,9,11-12,18H,3-4,7-8,10H2. The molecule has 0 N–H and O–H groups in total. The van der Waals surface area contributed by atoms with E-state index in [9.17, 15) is 14.4 Å². The maximum Gasteiger partial charge on any atom is 0.412 e. The Bertz CT molecular complexity index is 949. The smallest absolute Gasteiger partial charge is 0.412 e. The lowest BCUT2D eigenvalue weighted by atomic mass is 9.98. The van der Waals surface area contributed by atoms with Crippen LogP contribution in [-0.2, 0) is 14.3 Å². The van der Waals surface area contributed by atoms with Crippen LogP contribution in [0.15, 0.2) is 30.7 Å². The second kappa shape index (κ2) is 8.62. The molecule has 11 heteroatoms. The van der Waals surface area contributed by atoms with Gasteiger partial charge in [0.2, 0.25) is 6.23 Å². The van der Waals surface area contributed by atoms with Crippen molar-refractivity contribution in [2.45, 2.75) is 19.1 Å². The van der Waals surface area contributed by atoms with Crippen LogP contribution in [0.5, 0.6) is 0 Å². The molecule has 2 amide bonds. The molecule has 30 heavy (non-hydrogen) atoms. The number of likely N-dealkylation sites (tertiary alicyclic amines) is 1. The van der Waals surface area contributed by atoms with Crippen LogP contribution in [0.1, 0.15) is 35.3 Å². The number of fused-ring (bicyclic) bond motifs is 1. The molecule has 0 aromatic carbocycles. The van der Waals surface area contributed by atoms with Crippen molar-refractivity contribution in [1.29, 1.82) is 0 Å². The number of halogens is 1. The molecule has 0 radical (unpaired) electrons. The Morgan fingerprint density at radius 2 is 1.97 bits per heavy atom. The summed E-state index contributed by atoms with van der Waals surface area (Å²) in [6.07, 6.45) is 3.96. The molecule has 0 aliphatic carbocycles. The number of hydrogen-bond donors (Lipinski definition) is 0. The second-order valence-electron chi connectivity index (χ2n) is 6.90. The summed E-state index contributed by atoms with van der Waals surface area (Å²) in [5.41, 5.74) is 0.360. The lowest BCUT2D eigenvalue weighted by Crippen LogP contribution is -2.42. The third-order valence-corrected chi connectivity index (χ3v) is 5.28. The minimum atomic E-state index is -1.08. The minimum Gasteiger partial charge on any atom is -0.468 e. The number of piperidine rings is 1. The Morgan fingerprint density at radius 1 is 1.20 bits per heavy atom. The number of hydrogen-bond acceptors (Lipinski definition) is 8. The highest BCUT2D eigenvalue weighted by Crippen LogP contribution is 2.36. The molecule has 156 valence electrons. The van der Waals surface area contributed by atoms with Crippen molar-refractivity contribution in [1.82, 2.24) is 19.9 Å². The van der Waals surface area contributed by atoms with E-state index in [1.807, 2.05) is 0 Å². The van der Waals surface area contributed by atoms with E-state index in [2.05, 4.69) is 15.0 Å². The van der Waals surface area contributed by atoms with Gasteiger partial charge in [-0.15, -0.1) is 0 Å². The van der Waals surface area contributed by atoms with Crippen LogP contribution < -0.4 is 4.90 Å². The van der Waals surface area contributed by atoms with Crippen LogP contribution >= 0.6 is 11.6 Å². The summed E-state index contributed by atoms with van der Waals surface area (Å²) < 4.78 is 10.5. The average molecular weight is 432 g/mol. The highest BCUT2D eigenvalue weighted by molar-refractivity contribution is 6.30. The van der Waals surface area contributed by atoms with Gasteiger partial charge < -0.3 is 14.4 Å². The number of pyridine rings is 1. The summed E-state index contributed by atoms with van der Waals surface area (Å²) in [6.45, 7) is 1.68. The highest BCUT2D eigenvalue weighted by Gasteiger charge is 2.44. The Kier molecular flexibility index (Phi) is 5.75. The summed E-state index contributed by atoms with van der Waals surface area (Å²) in [4.78, 5) is 51.3. The van der Waals surface area contributed by atoms with Gasteiger partial charge >= 0.3 is 6.09 Å². The van der Waals surface area contributed by atoms with E-state index in [0.717, 1.165) is 0 Å². The molecular weight excluding hydrogens is 414 g/mol. The Morgan fingerprint density at radius 3 is 2.67 bits per heavy atom. The van der Waals surface area contributed by atoms with Gasteiger partial charge in [0.05, 0.1) is 11.6 Å². The van der Waals surface area contributed by atoms with Crippen molar-refractivity contribution in [3.05, 3.63) is 47.1 Å². The van der Waals surface area contributed by atoms with Crippen LogP contribution in [0.2, 0.25) is 5.02 Å². The summed E-state index contributed by atoms with van der Waals surface area (Å²) in [6, 6.07) is 3.15. The SMILES string of the molecule is O=COCC1CCN(C(=O)OC2c3nccnc3C(=O)N2c2ccc(Cl)cn2)CC1. The number of carbonyl (C=O) groups is 3. The van der Waals surface area contributed by atoms with Gasteiger partial charge in [-0.25, -0.2) is 19.7 Å². The maximum absolute atomic E-state index is 12.9. The molecule has 2 aromatic rings. The van der Waals surface area contributed by atoms with Crippen LogP contribution in [0, 0.1) is 5.92 Å². The topological polar surface area (TPSA) is 115 Å². The van der Waals surface area contributed by atoms with Crippen molar-refractivity contribution in [2.75, 3.05) is 24.6 Å². The van der Waals surface area contributed by atoms with Gasteiger partial charge in [-0.3, -0.25) is 14.6 Å². The normalized spacial score (nSPS) is 18.8. The first kappa shape index (κ1) is 20.0. The molecule has 4 heterocycles. The Hall–Kier alpha value is -3.27. The molecule has 0 spiro atoms. The van der Waals surface area contributed by atoms with Gasteiger partial charge in [0, 0.05) is 31.7 Å². The number of amides is 2. The molecule has 4 rings (SSSR count). The average Bonchev–Trinajstić information content (AvgIpc) is 3.05. The van der Waals surface area contributed by atoms with Crippen LogP contribution in [-0.4, -0.2) is 58.0 Å². The van der Waals surface area contributed by atoms with Gasteiger partial charge in [0.25, 0.3) is 12.4 Å². The monoisotopic (exact) mass is 431 g/mol. The highest BCUT2D eigenvalue weighted by atomic mass is 35.5. The molecule has 2 aromatic heterocycles. The second-order valence-corrected chi connectivity index (χ2v) is 7.33. The Balaban J connectivity index is 1.52. The molecule has 2 aliphatic heterocycles. The number of anilines is 1. The van der Waals surface area contributed by atoms with Crippen LogP contribution in [0.3, 0.4) is 0 Å². The van der Waals surface area contributed by atoms with E-state index >= 15 is 0 Å². The van der Waals surface area contributed by atoms with E-state index in [4.69, 9.17) is 21.1 Å². The first-order valence-electron chi connectivity index (χ1n) is 9.35. The van der Waals surface area contributed by atoms with Gasteiger partial charge in [0.15, 0.2) is 5.69 Å². The van der Waals surface area contributed by atoms with Gasteiger partial charge in [-0.1, -0.05) is 11.6 Å². The quantitative estimate of drug-likeness (QED) is 0.662. The number of rotatable bonds is 5. The number of carbonyl (C=O) groups excluding carboxylic acids is 3. The predicted molar refractivity (Wildman–Crippen MR) is 104 cm³/mol. The van der Waals surface area contributed by atoms with Crippen LogP contribution in [0.25, 0.3) is 0 Å². The number of ether oxygens (including phenoxy) is 2. The molecule has 0 bridgehead atoms. The van der Waals surface area contributed by atoms with E-state index in [1.54, 1.807) is 17.0 Å². The molecule has 0 saturated carbocycles. The van der Waals surface area contributed by atoms with Crippen molar-refractivity contribution < 1.29 is 23.9 Å². The fourth-order valence-electron chi connectivity index (χ4n) is 3.51. The number of nitrogens with zero attached hydrogens (tertiary/aromatic N) is 5. The minimum absolute atomic E-state index is 0.108. The van der Waals surface area contributed by atoms with Crippen molar-refractivity contribution in [3.8, 4) is 0 Å². The van der Waals surface area contributed by atoms with Crippen LogP contribution in [0.4, 0.5) is 10.6 Å². The molecule has 2 aliphatic rings. The van der Waals surface area contributed by atoms with Crippen molar-refractivity contribution >= 4 is 35.9 Å². The van der Waals surface area contributed by atoms with Gasteiger partial charge in [0.1, 0.15) is 11.5 Å². The van der Waals surface area contributed by atoms with E-state index < -0.39 is 18.2 Å². The van der Waals surface area contributed by atoms with E-state index in [1.165, 1.54) is 23.5 Å². The van der Waals surface area contributed by atoms with E-state index in [-0.39, 0.29) is 23.1 Å². The third-order valence-electron chi connectivity index (χ3n) is 5.06. The largest absolute Gasteiger partial charge is 0.468 e. The fourth-order valence-corrected chi connectivity index (χ4v) is 3.62. The number of aromatic nitrogens is 3. The molecule has 1 saturated heterocycles. The lowest BCUT2D eigenvalue weighted by molar-refractivity contribution is -0.130. The Labute approximate surface area is 176 Å².